The number of hydrazone groups is 5. The molecule has 38 heteroatoms. The summed E-state index contributed by atoms with van der Waals surface area (Å²) in [6, 6.07) is 64.9. The molecule has 10 amide bonds. The molecular formula is C94H89N17O21. The average Bonchev–Trinajstić information content (AvgIpc) is 1.68. The van der Waals surface area contributed by atoms with Crippen molar-refractivity contribution in [3.8, 4) is 17.2 Å². The molecular weight excluding hydrogens is 1700 g/mol. The summed E-state index contributed by atoms with van der Waals surface area (Å²) < 4.78 is 10.8. The summed E-state index contributed by atoms with van der Waals surface area (Å²) >= 11 is 0. The number of aryl methyl sites for hydroxylation is 1. The predicted molar refractivity (Wildman–Crippen MR) is 491 cm³/mol. The number of nitro benzene ring substituents is 1. The van der Waals surface area contributed by atoms with Crippen LogP contribution in [-0.2, 0) is 30.4 Å². The number of ether oxygens (including phenoxy) is 2. The first-order valence-electron chi connectivity index (χ1n) is 39.7. The van der Waals surface area contributed by atoms with Gasteiger partial charge in [0.15, 0.2) is 0 Å². The van der Waals surface area contributed by atoms with Gasteiger partial charge in [0.25, 0.3) is 64.8 Å². The van der Waals surface area contributed by atoms with Crippen molar-refractivity contribution in [2.75, 3.05) is 37.8 Å². The van der Waals surface area contributed by atoms with E-state index >= 15 is 0 Å². The molecule has 0 radical (unpaired) electrons. The fourth-order valence-corrected chi connectivity index (χ4v) is 11.4. The highest BCUT2D eigenvalue weighted by atomic mass is 16.6. The molecule has 38 nitrogen and oxygen atoms in total. The molecule has 0 atom stereocenters. The van der Waals surface area contributed by atoms with Gasteiger partial charge in [-0.15, -0.1) is 0 Å². The van der Waals surface area contributed by atoms with Gasteiger partial charge in [-0.1, -0.05) is 127 Å². The lowest BCUT2D eigenvalue weighted by molar-refractivity contribution is -0.385. The molecule has 1 fully saturated rings. The van der Waals surface area contributed by atoms with Crippen LogP contribution in [0.4, 0.5) is 11.4 Å². The number of nitrogens with zero attached hydrogens (tertiary/aromatic N) is 7. The van der Waals surface area contributed by atoms with Gasteiger partial charge in [0.05, 0.1) is 54.8 Å². The van der Waals surface area contributed by atoms with Gasteiger partial charge in [0.2, 0.25) is 0 Å². The zero-order valence-electron chi connectivity index (χ0n) is 70.2. The highest BCUT2D eigenvalue weighted by Gasteiger charge is 2.17. The number of carbonyl (C=O) groups is 10. The summed E-state index contributed by atoms with van der Waals surface area (Å²) in [4.78, 5) is 128. The second-order valence-corrected chi connectivity index (χ2v) is 27.5. The molecule has 2 aliphatic rings. The van der Waals surface area contributed by atoms with E-state index < -0.39 is 46.3 Å². The lowest BCUT2D eigenvalue weighted by Gasteiger charge is -2.17. The first-order chi connectivity index (χ1) is 63.9. The van der Waals surface area contributed by atoms with E-state index in [0.717, 1.165) is 95.7 Å². The number of hydrogen-bond donors (Lipinski definition) is 17. The van der Waals surface area contributed by atoms with Crippen LogP contribution in [-0.4, -0.2) is 164 Å². The van der Waals surface area contributed by atoms with Gasteiger partial charge in [-0.3, -0.25) is 84.1 Å². The molecule has 0 unspecified atom stereocenters. The van der Waals surface area contributed by atoms with Crippen LogP contribution < -0.4 is 68.9 Å². The van der Waals surface area contributed by atoms with E-state index in [-0.39, 0.29) is 53.5 Å². The van der Waals surface area contributed by atoms with E-state index in [1.807, 2.05) is 61.5 Å². The quantitative estimate of drug-likeness (QED) is 0.00654. The standard InChI is InChI=1S/C21H22N4O3.C19H19N3O5.C19H17N3O4.C18H17N3O3.C17H14N4O6/c26-20(24-28)11-8-16-4-3-5-18(14-16)21(27)23-22-15-17-6-9-19(10-7-17)25-12-1-2-13-25;23-9-10-27-17-6-2-4-15(12-17)13-20-21-19(25)16-5-1-3-14(11-16)7-8-18(24)22-26;23-18(22-25)7-5-13-2-1-3-16(10-13)19(24)21-20-12-14-4-6-15-8-9-26-17(15)11-14;1-13-5-7-15(8-6-13)12-19-20-18(23)16-4-2-3-14(11-16)9-10-17(22)21-24;22-14-5-6-15(21(26)27)13(9-14)10-18-19-17(24)12-3-1-2-11(8-12)4-7-16(23)20-25/h3-11,14-15,28H,1-2,12-13H2,(H,23,27)(H,24,26);1-8,11-13,23,26H,9-10H2,(H,21,25)(H,22,24);1-7,10-12,25H,8-9H2,(H,21,24)(H,22,23);2-12,24H,1H3,(H,20,23)(H,21,22);1-10,22,25H,(H,19,24)(H,20,23)/b11-8+,22-15+;8-7+,20-13+;7-5+,20-12+;10-9+,19-12+;7-4+,18-10+. The lowest BCUT2D eigenvalue weighted by atomic mass is 10.1. The summed E-state index contributed by atoms with van der Waals surface area (Å²) in [6.07, 6.45) is 23.6. The molecule has 0 aliphatic carbocycles. The maximum Gasteiger partial charge on any atom is 0.278 e. The van der Waals surface area contributed by atoms with Crippen molar-refractivity contribution in [2.45, 2.75) is 26.2 Å². The molecule has 17 N–H and O–H groups in total. The number of hydroxylamine groups is 5. The number of aliphatic hydroxyl groups excluding tert-OH is 1. The van der Waals surface area contributed by atoms with Gasteiger partial charge < -0.3 is 24.6 Å². The number of aromatic hydroxyl groups is 1. The smallest absolute Gasteiger partial charge is 0.278 e. The topological polar surface area (TPSA) is 559 Å². The summed E-state index contributed by atoms with van der Waals surface area (Å²) in [5.41, 5.74) is 31.0. The molecule has 676 valence electrons. The Morgan fingerprint density at radius 2 is 0.750 bits per heavy atom. The van der Waals surface area contributed by atoms with Gasteiger partial charge in [-0.05, 0) is 209 Å². The monoisotopic (exact) mass is 1790 g/mol. The number of aliphatic hydroxyl groups is 1. The normalized spacial score (nSPS) is 11.9. The number of rotatable bonds is 30. The van der Waals surface area contributed by atoms with E-state index in [0.29, 0.717) is 62.4 Å². The van der Waals surface area contributed by atoms with Crippen LogP contribution in [0, 0.1) is 17.0 Å². The van der Waals surface area contributed by atoms with E-state index in [4.69, 9.17) is 40.6 Å². The molecule has 0 saturated carbocycles. The third kappa shape index (κ3) is 35.4. The van der Waals surface area contributed by atoms with Crippen molar-refractivity contribution in [1.82, 2.24) is 54.5 Å². The summed E-state index contributed by atoms with van der Waals surface area (Å²) in [7, 11) is 0. The maximum absolute atomic E-state index is 12.2. The van der Waals surface area contributed by atoms with E-state index in [2.05, 4.69) is 69.7 Å². The van der Waals surface area contributed by atoms with E-state index in [9.17, 15) is 63.2 Å². The molecule has 10 aromatic rings. The average molecular weight is 1790 g/mol. The Kier molecular flexibility index (Phi) is 41.0. The number of carbonyl (C=O) groups excluding carboxylic acids is 10. The Morgan fingerprint density at radius 1 is 0.409 bits per heavy atom. The lowest BCUT2D eigenvalue weighted by Crippen LogP contribution is -2.18. The number of nitrogens with one attached hydrogen (secondary N) is 10. The van der Waals surface area contributed by atoms with Crippen LogP contribution in [0.15, 0.2) is 286 Å². The number of hydrogen-bond acceptors (Lipinski definition) is 27. The largest absolute Gasteiger partial charge is 0.508 e. The number of phenolic OH excluding ortho intramolecular Hbond substituents is 1. The fourth-order valence-electron chi connectivity index (χ4n) is 11.4. The first-order valence-corrected chi connectivity index (χ1v) is 39.7. The summed E-state index contributed by atoms with van der Waals surface area (Å²) in [5.74, 6) is -4.16. The van der Waals surface area contributed by atoms with E-state index in [1.165, 1.54) is 112 Å². The fraction of sp³-hybridized carbons (Fsp3) is 0.0957. The van der Waals surface area contributed by atoms with Gasteiger partial charge >= 0.3 is 0 Å². The molecule has 10 aromatic carbocycles. The second-order valence-electron chi connectivity index (χ2n) is 27.5. The Morgan fingerprint density at radius 3 is 1.12 bits per heavy atom. The molecule has 0 aromatic heterocycles. The van der Waals surface area contributed by atoms with Crippen molar-refractivity contribution in [2.24, 2.45) is 25.5 Å². The summed E-state index contributed by atoms with van der Waals surface area (Å²) in [6.45, 7) is 5.01. The van der Waals surface area contributed by atoms with Crippen LogP contribution in [0.25, 0.3) is 30.4 Å². The minimum atomic E-state index is -0.720. The van der Waals surface area contributed by atoms with Gasteiger partial charge in [-0.25, -0.2) is 54.5 Å². The zero-order valence-corrected chi connectivity index (χ0v) is 70.2. The first kappa shape index (κ1) is 99.7. The van der Waals surface area contributed by atoms with Crippen LogP contribution >= 0.6 is 0 Å². The van der Waals surface area contributed by atoms with Gasteiger partial charge in [-0.2, -0.15) is 25.5 Å². The molecule has 12 rings (SSSR count). The number of fused-ring (bicyclic) bond motifs is 1. The SMILES string of the molecule is Cc1ccc(/C=N/NC(=O)c2cccc(/C=C/C(=O)NO)c2)cc1.O=C(/C=C/c1cccc(C(=O)N/N=C/c2cc(O)ccc2[N+](=O)[O-])c1)NO.O=C(/C=C/c1cccc(C(=O)N/N=C/c2ccc(N3CCCC3)cc2)c1)NO.O=C(/C=C/c1cccc(C(=O)N/N=C/c2ccc3c(c2)OCC3)c1)NO.O=C(/C=C/c1cccc(C(=O)N/N=C/c2cccc(OCCO)c2)c1)NO. The van der Waals surface area contributed by atoms with Crippen molar-refractivity contribution < 1.29 is 98.6 Å². The molecule has 0 bridgehead atoms. The minimum Gasteiger partial charge on any atom is -0.508 e. The third-order valence-electron chi connectivity index (χ3n) is 17.9. The van der Waals surface area contributed by atoms with Gasteiger partial charge in [0.1, 0.15) is 23.9 Å². The van der Waals surface area contributed by atoms with Gasteiger partial charge in [0, 0.05) is 89.5 Å². The number of anilines is 1. The van der Waals surface area contributed by atoms with Crippen molar-refractivity contribution in [3.05, 3.63) is 366 Å². The van der Waals surface area contributed by atoms with Crippen LogP contribution in [0.2, 0.25) is 0 Å². The second kappa shape index (κ2) is 54.3. The Labute approximate surface area is 753 Å². The summed E-state index contributed by atoms with van der Waals surface area (Å²) in [5, 5.41) is 90.9. The van der Waals surface area contributed by atoms with Crippen LogP contribution in [0.1, 0.15) is 131 Å². The highest BCUT2D eigenvalue weighted by molar-refractivity contribution is 6.01. The van der Waals surface area contributed by atoms with Crippen LogP contribution in [0.5, 0.6) is 17.2 Å². The maximum atomic E-state index is 12.2. The Hall–Kier alpha value is -17.7. The Balaban J connectivity index is 0.000000203. The van der Waals surface area contributed by atoms with Crippen molar-refractivity contribution in [3.63, 3.8) is 0 Å². The number of nitro groups is 1. The van der Waals surface area contributed by atoms with E-state index in [1.54, 1.807) is 152 Å². The van der Waals surface area contributed by atoms with Crippen LogP contribution in [0.3, 0.4) is 0 Å². The Bertz CT molecular complexity index is 6030. The molecule has 132 heavy (non-hydrogen) atoms. The van der Waals surface area contributed by atoms with Crippen molar-refractivity contribution in [1.29, 1.82) is 0 Å². The molecule has 0 spiro atoms. The molecule has 1 saturated heterocycles. The minimum absolute atomic E-state index is 0.0204. The third-order valence-corrected chi connectivity index (χ3v) is 17.9. The number of amides is 10. The zero-order chi connectivity index (χ0) is 94.8. The number of phenols is 1. The molecule has 2 heterocycles. The number of benzene rings is 10. The molecule has 2 aliphatic heterocycles. The predicted octanol–water partition coefficient (Wildman–Crippen LogP) is 9.67. The highest BCUT2D eigenvalue weighted by Crippen LogP contribution is 2.27. The van der Waals surface area contributed by atoms with Crippen molar-refractivity contribution >= 4 is 132 Å².